The standard InChI is InChI=1S/C22H26N4O2S/c1-6-14(3)24-25-21-23-19-18(16-11-22(4,5)28-12-17(16)29-19)20(27)26(21)15-9-7-13(2)8-10-15/h7-10H,6,11-12H2,1-5H3,(H,23,25). The van der Waals surface area contributed by atoms with Gasteiger partial charge in [0, 0.05) is 17.0 Å². The maximum atomic E-state index is 13.7. The molecule has 0 spiro atoms. The lowest BCUT2D eigenvalue weighted by atomic mass is 9.94. The minimum Gasteiger partial charge on any atom is -0.370 e. The Bertz CT molecular complexity index is 1160. The molecule has 0 saturated carbocycles. The Morgan fingerprint density at radius 3 is 2.76 bits per heavy atom. The van der Waals surface area contributed by atoms with Gasteiger partial charge in [0.2, 0.25) is 5.95 Å². The number of hydrazone groups is 1. The van der Waals surface area contributed by atoms with Gasteiger partial charge in [0.15, 0.2) is 0 Å². The van der Waals surface area contributed by atoms with E-state index in [4.69, 9.17) is 9.72 Å². The van der Waals surface area contributed by atoms with Crippen LogP contribution in [-0.2, 0) is 17.8 Å². The van der Waals surface area contributed by atoms with Crippen LogP contribution < -0.4 is 11.0 Å². The van der Waals surface area contributed by atoms with E-state index >= 15 is 0 Å². The van der Waals surface area contributed by atoms with E-state index in [1.165, 1.54) is 11.3 Å². The lowest BCUT2D eigenvalue weighted by Gasteiger charge is -2.29. The molecule has 0 amide bonds. The molecule has 1 aliphatic heterocycles. The molecule has 2 aromatic heterocycles. The highest BCUT2D eigenvalue weighted by atomic mass is 32.1. The minimum absolute atomic E-state index is 0.0686. The third-order valence-corrected chi connectivity index (χ3v) is 6.35. The summed E-state index contributed by atoms with van der Waals surface area (Å²) >= 11 is 1.54. The Hall–Kier alpha value is -2.51. The zero-order valence-electron chi connectivity index (χ0n) is 17.5. The Morgan fingerprint density at radius 1 is 1.34 bits per heavy atom. The highest BCUT2D eigenvalue weighted by Crippen LogP contribution is 2.37. The normalized spacial score (nSPS) is 16.1. The number of aromatic nitrogens is 2. The van der Waals surface area contributed by atoms with Gasteiger partial charge in [0.25, 0.3) is 5.56 Å². The molecule has 0 aliphatic carbocycles. The predicted octanol–water partition coefficient (Wildman–Crippen LogP) is 4.80. The molecule has 1 aromatic carbocycles. The number of nitrogens with zero attached hydrogens (tertiary/aromatic N) is 3. The van der Waals surface area contributed by atoms with Gasteiger partial charge in [0.1, 0.15) is 4.83 Å². The van der Waals surface area contributed by atoms with Crippen molar-refractivity contribution in [3.63, 3.8) is 0 Å². The zero-order chi connectivity index (χ0) is 20.8. The van der Waals surface area contributed by atoms with Crippen LogP contribution >= 0.6 is 11.3 Å². The van der Waals surface area contributed by atoms with Crippen molar-refractivity contribution in [1.29, 1.82) is 0 Å². The number of ether oxygens (including phenoxy) is 1. The number of aryl methyl sites for hydroxylation is 1. The van der Waals surface area contributed by atoms with Crippen LogP contribution in [0.5, 0.6) is 0 Å². The average Bonchev–Trinajstić information content (AvgIpc) is 3.03. The summed E-state index contributed by atoms with van der Waals surface area (Å²) in [5.41, 5.74) is 6.58. The maximum absolute atomic E-state index is 13.7. The molecule has 0 radical (unpaired) electrons. The molecular weight excluding hydrogens is 384 g/mol. The molecule has 152 valence electrons. The number of hydrogen-bond acceptors (Lipinski definition) is 6. The average molecular weight is 411 g/mol. The summed E-state index contributed by atoms with van der Waals surface area (Å²) in [6, 6.07) is 7.88. The molecule has 0 fully saturated rings. The largest absolute Gasteiger partial charge is 0.370 e. The minimum atomic E-state index is -0.290. The molecule has 0 unspecified atom stereocenters. The lowest BCUT2D eigenvalue weighted by Crippen LogP contribution is -2.32. The Balaban J connectivity index is 1.97. The number of thiophene rings is 1. The van der Waals surface area contributed by atoms with Crippen molar-refractivity contribution in [2.75, 3.05) is 5.43 Å². The van der Waals surface area contributed by atoms with Gasteiger partial charge in [0.05, 0.1) is 23.3 Å². The van der Waals surface area contributed by atoms with Crippen LogP contribution in [0.15, 0.2) is 34.2 Å². The van der Waals surface area contributed by atoms with Crippen molar-refractivity contribution in [3.05, 3.63) is 50.6 Å². The van der Waals surface area contributed by atoms with Crippen molar-refractivity contribution < 1.29 is 4.74 Å². The first-order chi connectivity index (χ1) is 13.8. The van der Waals surface area contributed by atoms with Crippen LogP contribution in [-0.4, -0.2) is 20.9 Å². The molecule has 3 heterocycles. The van der Waals surface area contributed by atoms with Crippen LogP contribution in [0.4, 0.5) is 5.95 Å². The van der Waals surface area contributed by atoms with Gasteiger partial charge in [-0.2, -0.15) is 5.10 Å². The Kier molecular flexibility index (Phi) is 5.04. The van der Waals surface area contributed by atoms with Gasteiger partial charge >= 0.3 is 0 Å². The van der Waals surface area contributed by atoms with E-state index in [-0.39, 0.29) is 11.2 Å². The van der Waals surface area contributed by atoms with E-state index < -0.39 is 0 Å². The predicted molar refractivity (Wildman–Crippen MR) is 120 cm³/mol. The third kappa shape index (κ3) is 3.72. The number of hydrogen-bond donors (Lipinski definition) is 1. The smallest absolute Gasteiger partial charge is 0.268 e. The fourth-order valence-electron chi connectivity index (χ4n) is 3.43. The topological polar surface area (TPSA) is 68.5 Å². The van der Waals surface area contributed by atoms with E-state index in [2.05, 4.69) is 24.4 Å². The molecule has 0 bridgehead atoms. The van der Waals surface area contributed by atoms with Gasteiger partial charge < -0.3 is 4.74 Å². The number of rotatable bonds is 4. The molecule has 1 aliphatic rings. The van der Waals surface area contributed by atoms with Crippen molar-refractivity contribution in [1.82, 2.24) is 9.55 Å². The van der Waals surface area contributed by atoms with Crippen LogP contribution in [0.2, 0.25) is 0 Å². The Labute approximate surface area is 174 Å². The zero-order valence-corrected chi connectivity index (χ0v) is 18.3. The summed E-state index contributed by atoms with van der Waals surface area (Å²) in [7, 11) is 0. The van der Waals surface area contributed by atoms with Crippen molar-refractivity contribution >= 4 is 33.2 Å². The lowest BCUT2D eigenvalue weighted by molar-refractivity contribution is -0.0379. The van der Waals surface area contributed by atoms with E-state index in [0.29, 0.717) is 24.4 Å². The van der Waals surface area contributed by atoms with Gasteiger partial charge in [-0.1, -0.05) is 24.6 Å². The van der Waals surface area contributed by atoms with Gasteiger partial charge in [-0.15, -0.1) is 11.3 Å². The first-order valence-electron chi connectivity index (χ1n) is 9.86. The molecule has 4 rings (SSSR count). The number of anilines is 1. The van der Waals surface area contributed by atoms with Crippen LogP contribution in [0.3, 0.4) is 0 Å². The first kappa shape index (κ1) is 19.8. The summed E-state index contributed by atoms with van der Waals surface area (Å²) in [4.78, 5) is 20.3. The van der Waals surface area contributed by atoms with E-state index in [9.17, 15) is 4.79 Å². The molecular formula is C22H26N4O2S. The molecule has 3 aromatic rings. The molecule has 7 heteroatoms. The summed E-state index contributed by atoms with van der Waals surface area (Å²) in [5, 5.41) is 5.09. The van der Waals surface area contributed by atoms with Crippen molar-refractivity contribution in [2.24, 2.45) is 5.10 Å². The summed E-state index contributed by atoms with van der Waals surface area (Å²) < 4.78 is 7.58. The van der Waals surface area contributed by atoms with Crippen LogP contribution in [0.25, 0.3) is 15.9 Å². The fourth-order valence-corrected chi connectivity index (χ4v) is 4.52. The summed E-state index contributed by atoms with van der Waals surface area (Å²) in [5.74, 6) is 0.429. The van der Waals surface area contributed by atoms with Crippen molar-refractivity contribution in [2.45, 2.75) is 59.7 Å². The van der Waals surface area contributed by atoms with Crippen LogP contribution in [0.1, 0.15) is 50.1 Å². The number of nitrogens with one attached hydrogen (secondary N) is 1. The van der Waals surface area contributed by atoms with E-state index in [0.717, 1.165) is 38.7 Å². The molecule has 0 atom stereocenters. The monoisotopic (exact) mass is 410 g/mol. The second kappa shape index (κ2) is 7.39. The first-order valence-corrected chi connectivity index (χ1v) is 10.7. The van der Waals surface area contributed by atoms with Gasteiger partial charge in [-0.25, -0.2) is 15.0 Å². The number of benzene rings is 1. The summed E-state index contributed by atoms with van der Waals surface area (Å²) in [6.07, 6.45) is 1.52. The molecule has 1 N–H and O–H groups in total. The van der Waals surface area contributed by atoms with Crippen LogP contribution in [0, 0.1) is 6.92 Å². The number of fused-ring (bicyclic) bond motifs is 3. The van der Waals surface area contributed by atoms with Crippen molar-refractivity contribution in [3.8, 4) is 5.69 Å². The SMILES string of the molecule is CCC(C)=NNc1nc2sc3c(c2c(=O)n1-c1ccc(C)cc1)CC(C)(C)OC3. The molecule has 29 heavy (non-hydrogen) atoms. The van der Waals surface area contributed by atoms with Gasteiger partial charge in [-0.3, -0.25) is 4.79 Å². The maximum Gasteiger partial charge on any atom is 0.268 e. The van der Waals surface area contributed by atoms with E-state index in [1.807, 2.05) is 45.0 Å². The highest BCUT2D eigenvalue weighted by molar-refractivity contribution is 7.18. The second-order valence-electron chi connectivity index (χ2n) is 8.13. The molecule has 0 saturated heterocycles. The third-order valence-electron chi connectivity index (χ3n) is 5.26. The van der Waals surface area contributed by atoms with Gasteiger partial charge in [-0.05, 0) is 51.8 Å². The summed E-state index contributed by atoms with van der Waals surface area (Å²) in [6.45, 7) is 10.7. The highest BCUT2D eigenvalue weighted by Gasteiger charge is 2.31. The fraction of sp³-hybridized carbons (Fsp3) is 0.409. The molecule has 6 nitrogen and oxygen atoms in total. The second-order valence-corrected chi connectivity index (χ2v) is 9.22. The van der Waals surface area contributed by atoms with E-state index in [1.54, 1.807) is 4.57 Å². The quantitative estimate of drug-likeness (QED) is 0.495. The Morgan fingerprint density at radius 2 is 2.07 bits per heavy atom.